The summed E-state index contributed by atoms with van der Waals surface area (Å²) in [7, 11) is 0. The van der Waals surface area contributed by atoms with E-state index in [2.05, 4.69) is 31.2 Å². The lowest BCUT2D eigenvalue weighted by atomic mass is 10.2. The van der Waals surface area contributed by atoms with E-state index in [1.807, 2.05) is 29.2 Å². The summed E-state index contributed by atoms with van der Waals surface area (Å²) in [5, 5.41) is 0.765. The minimum Gasteiger partial charge on any atom is -0.376 e. The van der Waals surface area contributed by atoms with Crippen molar-refractivity contribution < 1.29 is 9.53 Å². The molecule has 4 rings (SSSR count). The third-order valence-corrected chi connectivity index (χ3v) is 6.66. The van der Waals surface area contributed by atoms with Gasteiger partial charge in [0.05, 0.1) is 28.6 Å². The molecular formula is C21H22N2O2S2. The van der Waals surface area contributed by atoms with E-state index in [4.69, 9.17) is 9.72 Å². The van der Waals surface area contributed by atoms with Crippen molar-refractivity contribution in [3.05, 3.63) is 54.1 Å². The van der Waals surface area contributed by atoms with Crippen molar-refractivity contribution in [1.82, 2.24) is 4.98 Å². The third kappa shape index (κ3) is 4.51. The Balaban J connectivity index is 1.52. The van der Waals surface area contributed by atoms with Gasteiger partial charge in [0.25, 0.3) is 0 Å². The van der Waals surface area contributed by atoms with Gasteiger partial charge in [-0.15, -0.1) is 11.8 Å². The second-order valence-corrected chi connectivity index (χ2v) is 8.76. The minimum absolute atomic E-state index is 0.0788. The van der Waals surface area contributed by atoms with Gasteiger partial charge in [0.15, 0.2) is 5.13 Å². The lowest BCUT2D eigenvalue weighted by molar-refractivity contribution is -0.116. The number of rotatable bonds is 6. The molecule has 1 aromatic heterocycles. The molecule has 27 heavy (non-hydrogen) atoms. The summed E-state index contributed by atoms with van der Waals surface area (Å²) in [6, 6.07) is 16.3. The molecule has 2 heterocycles. The fraction of sp³-hybridized carbons (Fsp3) is 0.333. The first kappa shape index (κ1) is 18.5. The number of thiazole rings is 1. The summed E-state index contributed by atoms with van der Waals surface area (Å²) in [5.74, 6) is 0.473. The number of aryl methyl sites for hydroxylation is 1. The number of nitrogens with zero attached hydrogens (tertiary/aromatic N) is 2. The number of benzene rings is 2. The number of hydrogen-bond donors (Lipinski definition) is 0. The van der Waals surface area contributed by atoms with Gasteiger partial charge < -0.3 is 4.74 Å². The number of anilines is 1. The predicted molar refractivity (Wildman–Crippen MR) is 113 cm³/mol. The predicted octanol–water partition coefficient (Wildman–Crippen LogP) is 4.91. The number of carbonyl (C=O) groups is 1. The molecule has 1 atom stereocenters. The van der Waals surface area contributed by atoms with E-state index in [-0.39, 0.29) is 12.0 Å². The molecule has 1 saturated heterocycles. The van der Waals surface area contributed by atoms with Gasteiger partial charge in [-0.2, -0.15) is 0 Å². The standard InChI is InChI=1S/C21H22N2O2S2/c1-15-8-10-17(11-9-15)26-14-20(24)23(13-16-5-4-12-25-16)21-22-18-6-2-3-7-19(18)27-21/h2-3,6-11,16H,4-5,12-14H2,1H3/t16-/m0/s1. The average molecular weight is 399 g/mol. The van der Waals surface area contributed by atoms with E-state index in [0.29, 0.717) is 12.3 Å². The fourth-order valence-electron chi connectivity index (χ4n) is 3.11. The quantitative estimate of drug-likeness (QED) is 0.553. The van der Waals surface area contributed by atoms with E-state index in [1.54, 1.807) is 23.1 Å². The molecule has 3 aromatic rings. The Morgan fingerprint density at radius 2 is 2.07 bits per heavy atom. The minimum atomic E-state index is 0.0788. The van der Waals surface area contributed by atoms with Crippen LogP contribution in [0.3, 0.4) is 0 Å². The van der Waals surface area contributed by atoms with E-state index >= 15 is 0 Å². The number of para-hydroxylation sites is 1. The zero-order valence-electron chi connectivity index (χ0n) is 15.3. The Kier molecular flexibility index (Phi) is 5.76. The number of fused-ring (bicyclic) bond motifs is 1. The second-order valence-electron chi connectivity index (χ2n) is 6.71. The smallest absolute Gasteiger partial charge is 0.239 e. The van der Waals surface area contributed by atoms with Gasteiger partial charge in [-0.3, -0.25) is 9.69 Å². The number of hydrogen-bond acceptors (Lipinski definition) is 5. The van der Waals surface area contributed by atoms with E-state index in [1.165, 1.54) is 5.56 Å². The lowest BCUT2D eigenvalue weighted by Crippen LogP contribution is -2.38. The molecule has 140 valence electrons. The number of amides is 1. The van der Waals surface area contributed by atoms with Crippen LogP contribution in [0.1, 0.15) is 18.4 Å². The Labute approximate surface area is 167 Å². The van der Waals surface area contributed by atoms with Crippen molar-refractivity contribution >= 4 is 44.4 Å². The van der Waals surface area contributed by atoms with Crippen LogP contribution in [-0.2, 0) is 9.53 Å². The van der Waals surface area contributed by atoms with Crippen LogP contribution in [-0.4, -0.2) is 35.9 Å². The second kappa shape index (κ2) is 8.42. The van der Waals surface area contributed by atoms with Crippen LogP contribution in [0.4, 0.5) is 5.13 Å². The summed E-state index contributed by atoms with van der Waals surface area (Å²) >= 11 is 3.14. The summed E-state index contributed by atoms with van der Waals surface area (Å²) < 4.78 is 6.88. The molecule has 2 aromatic carbocycles. The summed E-state index contributed by atoms with van der Waals surface area (Å²) in [6.07, 6.45) is 2.16. The lowest BCUT2D eigenvalue weighted by Gasteiger charge is -2.23. The average Bonchev–Trinajstić information content (AvgIpc) is 3.34. The summed E-state index contributed by atoms with van der Waals surface area (Å²) in [6.45, 7) is 3.42. The number of aromatic nitrogens is 1. The zero-order valence-corrected chi connectivity index (χ0v) is 16.9. The Morgan fingerprint density at radius 3 is 2.81 bits per heavy atom. The summed E-state index contributed by atoms with van der Waals surface area (Å²) in [5.41, 5.74) is 2.16. The highest BCUT2D eigenvalue weighted by Crippen LogP contribution is 2.30. The Bertz CT molecular complexity index is 884. The molecule has 1 aliphatic heterocycles. The monoisotopic (exact) mass is 398 g/mol. The van der Waals surface area contributed by atoms with Crippen molar-refractivity contribution in [3.63, 3.8) is 0 Å². The van der Waals surface area contributed by atoms with Crippen LogP contribution < -0.4 is 4.90 Å². The van der Waals surface area contributed by atoms with Gasteiger partial charge in [-0.1, -0.05) is 41.2 Å². The van der Waals surface area contributed by atoms with Gasteiger partial charge in [-0.05, 0) is 44.0 Å². The zero-order chi connectivity index (χ0) is 18.6. The number of ether oxygens (including phenoxy) is 1. The van der Waals surface area contributed by atoms with Crippen molar-refractivity contribution in [2.24, 2.45) is 0 Å². The topological polar surface area (TPSA) is 42.4 Å². The largest absolute Gasteiger partial charge is 0.376 e. The molecular weight excluding hydrogens is 376 g/mol. The van der Waals surface area contributed by atoms with E-state index in [9.17, 15) is 4.79 Å². The molecule has 0 N–H and O–H groups in total. The maximum Gasteiger partial charge on any atom is 0.239 e. The highest BCUT2D eigenvalue weighted by atomic mass is 32.2. The van der Waals surface area contributed by atoms with Gasteiger partial charge >= 0.3 is 0 Å². The third-order valence-electron chi connectivity index (χ3n) is 4.61. The highest BCUT2D eigenvalue weighted by Gasteiger charge is 2.26. The van der Waals surface area contributed by atoms with Crippen molar-refractivity contribution in [1.29, 1.82) is 0 Å². The highest BCUT2D eigenvalue weighted by molar-refractivity contribution is 8.00. The molecule has 0 aliphatic carbocycles. The first-order valence-electron chi connectivity index (χ1n) is 9.16. The van der Waals surface area contributed by atoms with Crippen LogP contribution in [0.2, 0.25) is 0 Å². The molecule has 0 radical (unpaired) electrons. The molecule has 6 heteroatoms. The SMILES string of the molecule is Cc1ccc(SCC(=O)N(C[C@@H]2CCCO2)c2nc3ccccc3s2)cc1. The van der Waals surface area contributed by atoms with Crippen LogP contribution >= 0.6 is 23.1 Å². The Morgan fingerprint density at radius 1 is 1.26 bits per heavy atom. The van der Waals surface area contributed by atoms with Crippen LogP contribution in [0.25, 0.3) is 10.2 Å². The van der Waals surface area contributed by atoms with Crippen LogP contribution in [0, 0.1) is 6.92 Å². The summed E-state index contributed by atoms with van der Waals surface area (Å²) in [4.78, 5) is 20.7. The van der Waals surface area contributed by atoms with Crippen LogP contribution in [0.15, 0.2) is 53.4 Å². The molecule has 0 saturated carbocycles. The van der Waals surface area contributed by atoms with E-state index in [0.717, 1.165) is 39.7 Å². The molecule has 1 amide bonds. The van der Waals surface area contributed by atoms with Gasteiger partial charge in [0.1, 0.15) is 0 Å². The number of carbonyl (C=O) groups excluding carboxylic acids is 1. The molecule has 1 fully saturated rings. The maximum absolute atomic E-state index is 13.1. The van der Waals surface area contributed by atoms with Crippen molar-refractivity contribution in [2.75, 3.05) is 23.8 Å². The molecule has 4 nitrogen and oxygen atoms in total. The normalized spacial score (nSPS) is 16.7. The number of thioether (sulfide) groups is 1. The Hall–Kier alpha value is -1.89. The molecule has 0 bridgehead atoms. The fourth-order valence-corrected chi connectivity index (χ4v) is 4.88. The van der Waals surface area contributed by atoms with Gasteiger partial charge in [-0.25, -0.2) is 4.98 Å². The van der Waals surface area contributed by atoms with Crippen molar-refractivity contribution in [2.45, 2.75) is 30.8 Å². The first-order chi connectivity index (χ1) is 13.2. The maximum atomic E-state index is 13.1. The molecule has 1 aliphatic rings. The molecule has 0 unspecified atom stereocenters. The molecule has 0 spiro atoms. The van der Waals surface area contributed by atoms with Crippen molar-refractivity contribution in [3.8, 4) is 0 Å². The van der Waals surface area contributed by atoms with Gasteiger partial charge in [0, 0.05) is 11.5 Å². The van der Waals surface area contributed by atoms with Crippen LogP contribution in [0.5, 0.6) is 0 Å². The first-order valence-corrected chi connectivity index (χ1v) is 11.0. The van der Waals surface area contributed by atoms with E-state index < -0.39 is 0 Å². The van der Waals surface area contributed by atoms with Gasteiger partial charge in [0.2, 0.25) is 5.91 Å².